The summed E-state index contributed by atoms with van der Waals surface area (Å²) in [6.45, 7) is 2.88. The second-order valence-corrected chi connectivity index (χ2v) is 4.16. The summed E-state index contributed by atoms with van der Waals surface area (Å²) < 4.78 is 0. The van der Waals surface area contributed by atoms with Crippen molar-refractivity contribution in [3.05, 3.63) is 59.2 Å². The number of hydrogen-bond donors (Lipinski definition) is 1. The van der Waals surface area contributed by atoms with Crippen LogP contribution in [0.1, 0.15) is 22.6 Å². The van der Waals surface area contributed by atoms with Gasteiger partial charge in [0.25, 0.3) is 0 Å². The Kier molecular flexibility index (Phi) is 3.83. The molecule has 0 aliphatic rings. The Hall–Kier alpha value is -1.74. The van der Waals surface area contributed by atoms with Gasteiger partial charge in [0, 0.05) is 19.2 Å². The van der Waals surface area contributed by atoms with Crippen LogP contribution in [-0.2, 0) is 13.0 Å². The quantitative estimate of drug-likeness (QED) is 0.869. The number of aromatic nitrogens is 2. The van der Waals surface area contributed by atoms with E-state index in [4.69, 9.17) is 0 Å². The zero-order valence-electron chi connectivity index (χ0n) is 10.3. The highest BCUT2D eigenvalue weighted by atomic mass is 14.9. The van der Waals surface area contributed by atoms with Crippen molar-refractivity contribution in [2.75, 3.05) is 7.05 Å². The predicted molar refractivity (Wildman–Crippen MR) is 68.8 cm³/mol. The van der Waals surface area contributed by atoms with Gasteiger partial charge in [0.1, 0.15) is 5.82 Å². The molecule has 2 rings (SSSR count). The van der Waals surface area contributed by atoms with E-state index in [-0.39, 0.29) is 0 Å². The average Bonchev–Trinajstić information content (AvgIpc) is 2.30. The Morgan fingerprint density at radius 2 is 2.12 bits per heavy atom. The van der Waals surface area contributed by atoms with Crippen LogP contribution in [0.15, 0.2) is 36.5 Å². The van der Waals surface area contributed by atoms with E-state index in [1.165, 1.54) is 11.1 Å². The Morgan fingerprint density at radius 1 is 1.24 bits per heavy atom. The van der Waals surface area contributed by atoms with Gasteiger partial charge in [-0.1, -0.05) is 29.8 Å². The van der Waals surface area contributed by atoms with E-state index >= 15 is 0 Å². The predicted octanol–water partition coefficient (Wildman–Crippen LogP) is 2.10. The van der Waals surface area contributed by atoms with Crippen LogP contribution in [0.4, 0.5) is 0 Å². The van der Waals surface area contributed by atoms with Crippen LogP contribution in [0.2, 0.25) is 0 Å². The molecule has 0 fully saturated rings. The monoisotopic (exact) mass is 227 g/mol. The van der Waals surface area contributed by atoms with Crippen molar-refractivity contribution in [1.82, 2.24) is 15.3 Å². The summed E-state index contributed by atoms with van der Waals surface area (Å²) in [5, 5.41) is 3.09. The molecule has 88 valence electrons. The Morgan fingerprint density at radius 3 is 2.88 bits per heavy atom. The molecule has 1 N–H and O–H groups in total. The molecule has 0 spiro atoms. The molecule has 0 aliphatic carbocycles. The summed E-state index contributed by atoms with van der Waals surface area (Å²) in [6, 6.07) is 10.4. The molecule has 3 heteroatoms. The summed E-state index contributed by atoms with van der Waals surface area (Å²) in [5.41, 5.74) is 3.56. The number of nitrogens with zero attached hydrogens (tertiary/aromatic N) is 2. The van der Waals surface area contributed by atoms with Crippen molar-refractivity contribution in [2.24, 2.45) is 0 Å². The lowest BCUT2D eigenvalue weighted by molar-refractivity contribution is 0.772. The van der Waals surface area contributed by atoms with Crippen molar-refractivity contribution in [2.45, 2.75) is 19.9 Å². The minimum atomic E-state index is 0.781. The van der Waals surface area contributed by atoms with Gasteiger partial charge in [-0.2, -0.15) is 0 Å². The first-order valence-electron chi connectivity index (χ1n) is 5.79. The standard InChI is InChI=1S/C14H17N3/c1-11-4-3-5-12(8-11)9-14-16-7-6-13(17-14)10-15-2/h3-8,15H,9-10H2,1-2H3. The van der Waals surface area contributed by atoms with Crippen LogP contribution >= 0.6 is 0 Å². The Balaban J connectivity index is 2.15. The smallest absolute Gasteiger partial charge is 0.132 e. The molecule has 17 heavy (non-hydrogen) atoms. The van der Waals surface area contributed by atoms with Gasteiger partial charge in [-0.25, -0.2) is 9.97 Å². The van der Waals surface area contributed by atoms with Crippen LogP contribution < -0.4 is 5.32 Å². The zero-order chi connectivity index (χ0) is 12.1. The molecule has 0 radical (unpaired) electrons. The lowest BCUT2D eigenvalue weighted by Crippen LogP contribution is -2.09. The van der Waals surface area contributed by atoms with Gasteiger partial charge in [0.05, 0.1) is 5.69 Å². The first-order valence-corrected chi connectivity index (χ1v) is 5.79. The fourth-order valence-electron chi connectivity index (χ4n) is 1.81. The average molecular weight is 227 g/mol. The Bertz CT molecular complexity index is 494. The maximum absolute atomic E-state index is 4.51. The van der Waals surface area contributed by atoms with E-state index < -0.39 is 0 Å². The lowest BCUT2D eigenvalue weighted by Gasteiger charge is -2.04. The van der Waals surface area contributed by atoms with Crippen molar-refractivity contribution in [1.29, 1.82) is 0 Å². The number of benzene rings is 1. The molecule has 0 unspecified atom stereocenters. The maximum atomic E-state index is 4.51. The molecule has 1 aromatic carbocycles. The van der Waals surface area contributed by atoms with Crippen LogP contribution in [-0.4, -0.2) is 17.0 Å². The largest absolute Gasteiger partial charge is 0.314 e. The van der Waals surface area contributed by atoms with E-state index in [2.05, 4.69) is 46.5 Å². The van der Waals surface area contributed by atoms with Crippen molar-refractivity contribution < 1.29 is 0 Å². The first kappa shape index (κ1) is 11.7. The van der Waals surface area contributed by atoms with Gasteiger partial charge in [-0.05, 0) is 25.6 Å². The summed E-state index contributed by atoms with van der Waals surface area (Å²) in [5.74, 6) is 0.878. The number of rotatable bonds is 4. The molecule has 3 nitrogen and oxygen atoms in total. The fraction of sp³-hybridized carbons (Fsp3) is 0.286. The zero-order valence-corrected chi connectivity index (χ0v) is 10.3. The molecule has 1 aromatic heterocycles. The summed E-state index contributed by atoms with van der Waals surface area (Å²) in [4.78, 5) is 8.82. The van der Waals surface area contributed by atoms with Crippen molar-refractivity contribution in [3.8, 4) is 0 Å². The van der Waals surface area contributed by atoms with Crippen LogP contribution in [0.3, 0.4) is 0 Å². The number of hydrogen-bond acceptors (Lipinski definition) is 3. The third-order valence-corrected chi connectivity index (χ3v) is 2.57. The summed E-state index contributed by atoms with van der Waals surface area (Å²) >= 11 is 0. The summed E-state index contributed by atoms with van der Waals surface area (Å²) in [6.07, 6.45) is 2.62. The van der Waals surface area contributed by atoms with E-state index in [1.54, 1.807) is 0 Å². The highest BCUT2D eigenvalue weighted by Gasteiger charge is 2.01. The molecule has 2 aromatic rings. The van der Waals surface area contributed by atoms with Gasteiger partial charge >= 0.3 is 0 Å². The highest BCUT2D eigenvalue weighted by molar-refractivity contribution is 5.24. The van der Waals surface area contributed by atoms with Crippen LogP contribution in [0.5, 0.6) is 0 Å². The normalized spacial score (nSPS) is 10.5. The molecule has 0 saturated heterocycles. The van der Waals surface area contributed by atoms with Gasteiger partial charge in [0.15, 0.2) is 0 Å². The number of aryl methyl sites for hydroxylation is 1. The number of nitrogens with one attached hydrogen (secondary N) is 1. The second-order valence-electron chi connectivity index (χ2n) is 4.16. The van der Waals surface area contributed by atoms with E-state index in [9.17, 15) is 0 Å². The first-order chi connectivity index (χ1) is 8.28. The third-order valence-electron chi connectivity index (χ3n) is 2.57. The molecule has 0 amide bonds. The minimum Gasteiger partial charge on any atom is -0.314 e. The molecule has 0 bridgehead atoms. The lowest BCUT2D eigenvalue weighted by atomic mass is 10.1. The maximum Gasteiger partial charge on any atom is 0.132 e. The minimum absolute atomic E-state index is 0.781. The molecule has 0 atom stereocenters. The molecule has 0 saturated carbocycles. The van der Waals surface area contributed by atoms with E-state index in [1.807, 2.05) is 19.3 Å². The van der Waals surface area contributed by atoms with Gasteiger partial charge < -0.3 is 5.32 Å². The van der Waals surface area contributed by atoms with Gasteiger partial charge in [-0.3, -0.25) is 0 Å². The van der Waals surface area contributed by atoms with Crippen LogP contribution in [0.25, 0.3) is 0 Å². The van der Waals surface area contributed by atoms with E-state index in [0.717, 1.165) is 24.5 Å². The van der Waals surface area contributed by atoms with Crippen molar-refractivity contribution in [3.63, 3.8) is 0 Å². The van der Waals surface area contributed by atoms with Crippen LogP contribution in [0, 0.1) is 6.92 Å². The second kappa shape index (κ2) is 5.55. The fourth-order valence-corrected chi connectivity index (χ4v) is 1.81. The Labute approximate surface area is 102 Å². The molecular weight excluding hydrogens is 210 g/mol. The molecule has 0 aliphatic heterocycles. The highest BCUT2D eigenvalue weighted by Crippen LogP contribution is 2.08. The third kappa shape index (κ3) is 3.36. The topological polar surface area (TPSA) is 37.8 Å². The van der Waals surface area contributed by atoms with E-state index in [0.29, 0.717) is 0 Å². The SMILES string of the molecule is CNCc1ccnc(Cc2cccc(C)c2)n1. The molecule has 1 heterocycles. The van der Waals surface area contributed by atoms with Gasteiger partial charge in [0.2, 0.25) is 0 Å². The van der Waals surface area contributed by atoms with Gasteiger partial charge in [-0.15, -0.1) is 0 Å². The summed E-state index contributed by atoms with van der Waals surface area (Å²) in [7, 11) is 1.92. The van der Waals surface area contributed by atoms with Crippen molar-refractivity contribution >= 4 is 0 Å². The molecular formula is C14H17N3.